The summed E-state index contributed by atoms with van der Waals surface area (Å²) >= 11 is 0. The second kappa shape index (κ2) is 8.12. The van der Waals surface area contributed by atoms with E-state index in [1.54, 1.807) is 18.3 Å². The molecule has 8 heteroatoms. The number of nitrogens with one attached hydrogen (secondary N) is 1. The predicted octanol–water partition coefficient (Wildman–Crippen LogP) is 3.95. The zero-order valence-corrected chi connectivity index (χ0v) is 16.8. The van der Waals surface area contributed by atoms with Crippen LogP contribution in [-0.4, -0.2) is 46.2 Å². The van der Waals surface area contributed by atoms with Crippen molar-refractivity contribution < 1.29 is 13.9 Å². The number of imidazole rings is 1. The molecule has 0 atom stereocenters. The Morgan fingerprint density at radius 3 is 2.50 bits per heavy atom. The number of ether oxygens (including phenoxy) is 2. The van der Waals surface area contributed by atoms with Gasteiger partial charge in [-0.05, 0) is 43.2 Å². The zero-order valence-electron chi connectivity index (χ0n) is 16.8. The van der Waals surface area contributed by atoms with E-state index in [-0.39, 0.29) is 5.82 Å². The average Bonchev–Trinajstić information content (AvgIpc) is 3.46. The van der Waals surface area contributed by atoms with Crippen molar-refractivity contribution in [2.45, 2.75) is 26.1 Å². The molecule has 0 radical (unpaired) electrons. The molecule has 2 aliphatic rings. The number of H-pyrrole nitrogens is 1. The first-order valence-corrected chi connectivity index (χ1v) is 10.3. The van der Waals surface area contributed by atoms with Crippen molar-refractivity contribution in [3.63, 3.8) is 0 Å². The SMILES string of the molecule is CC1COC(c2nc(-c3ccc(F)cc3)c(-c3ccnc(N4CCCC4)n3)[nH]2)OC1. The molecule has 1 aromatic carbocycles. The number of rotatable bonds is 4. The van der Waals surface area contributed by atoms with Gasteiger partial charge < -0.3 is 19.4 Å². The highest BCUT2D eigenvalue weighted by Crippen LogP contribution is 2.33. The molecule has 0 amide bonds. The molecule has 0 spiro atoms. The summed E-state index contributed by atoms with van der Waals surface area (Å²) in [6, 6.07) is 8.14. The molecule has 5 rings (SSSR count). The Kier molecular flexibility index (Phi) is 5.18. The second-order valence-electron chi connectivity index (χ2n) is 7.89. The fourth-order valence-corrected chi connectivity index (χ4v) is 3.82. The molecule has 3 aromatic rings. The maximum absolute atomic E-state index is 13.5. The standard InChI is InChI=1S/C22H24FN5O2/c1-14-12-29-21(30-13-14)20-26-18(15-4-6-16(23)7-5-15)19(27-20)17-8-9-24-22(25-17)28-10-2-3-11-28/h4-9,14,21H,2-3,10-13H2,1H3,(H,26,27). The summed E-state index contributed by atoms with van der Waals surface area (Å²) in [5.41, 5.74) is 2.95. The molecule has 0 aliphatic carbocycles. The molecule has 156 valence electrons. The van der Waals surface area contributed by atoms with Crippen LogP contribution in [0.5, 0.6) is 0 Å². The monoisotopic (exact) mass is 409 g/mol. The van der Waals surface area contributed by atoms with Crippen molar-refractivity contribution >= 4 is 5.95 Å². The summed E-state index contributed by atoms with van der Waals surface area (Å²) in [7, 11) is 0. The number of aromatic nitrogens is 4. The van der Waals surface area contributed by atoms with Crippen LogP contribution in [0.15, 0.2) is 36.5 Å². The van der Waals surface area contributed by atoms with Crippen LogP contribution in [0, 0.1) is 11.7 Å². The van der Waals surface area contributed by atoms with Crippen molar-refractivity contribution in [2.75, 3.05) is 31.2 Å². The van der Waals surface area contributed by atoms with Crippen LogP contribution in [0.2, 0.25) is 0 Å². The number of hydrogen-bond donors (Lipinski definition) is 1. The van der Waals surface area contributed by atoms with Gasteiger partial charge in [0.25, 0.3) is 0 Å². The van der Waals surface area contributed by atoms with E-state index < -0.39 is 6.29 Å². The third kappa shape index (κ3) is 3.80. The third-order valence-electron chi connectivity index (χ3n) is 5.42. The highest BCUT2D eigenvalue weighted by atomic mass is 19.1. The number of benzene rings is 1. The van der Waals surface area contributed by atoms with E-state index >= 15 is 0 Å². The minimum absolute atomic E-state index is 0.289. The van der Waals surface area contributed by atoms with Gasteiger partial charge in [0.05, 0.1) is 30.3 Å². The fraction of sp³-hybridized carbons (Fsp3) is 0.409. The van der Waals surface area contributed by atoms with Crippen LogP contribution in [0.4, 0.5) is 10.3 Å². The molecular formula is C22H24FN5O2. The number of anilines is 1. The Labute approximate surface area is 174 Å². The summed E-state index contributed by atoms with van der Waals surface area (Å²) in [5, 5.41) is 0. The molecule has 4 heterocycles. The van der Waals surface area contributed by atoms with Gasteiger partial charge in [-0.2, -0.15) is 0 Å². The molecule has 2 aromatic heterocycles. The lowest BCUT2D eigenvalue weighted by Crippen LogP contribution is -2.25. The van der Waals surface area contributed by atoms with Crippen molar-refractivity contribution in [1.82, 2.24) is 19.9 Å². The Bertz CT molecular complexity index is 1010. The molecule has 2 saturated heterocycles. The van der Waals surface area contributed by atoms with Gasteiger partial charge in [-0.25, -0.2) is 19.3 Å². The van der Waals surface area contributed by atoms with Gasteiger partial charge in [0.15, 0.2) is 5.82 Å². The summed E-state index contributed by atoms with van der Waals surface area (Å²) < 4.78 is 25.1. The van der Waals surface area contributed by atoms with E-state index in [9.17, 15) is 4.39 Å². The second-order valence-corrected chi connectivity index (χ2v) is 7.89. The molecule has 30 heavy (non-hydrogen) atoms. The summed E-state index contributed by atoms with van der Waals surface area (Å²) in [6.07, 6.45) is 3.50. The quantitative estimate of drug-likeness (QED) is 0.703. The minimum Gasteiger partial charge on any atom is -0.346 e. The third-order valence-corrected chi connectivity index (χ3v) is 5.42. The van der Waals surface area contributed by atoms with Crippen molar-refractivity contribution in [1.29, 1.82) is 0 Å². The van der Waals surface area contributed by atoms with Crippen LogP contribution in [0.1, 0.15) is 31.9 Å². The molecule has 0 unspecified atom stereocenters. The minimum atomic E-state index is -0.561. The van der Waals surface area contributed by atoms with Crippen LogP contribution in [-0.2, 0) is 9.47 Å². The lowest BCUT2D eigenvalue weighted by atomic mass is 10.1. The fourth-order valence-electron chi connectivity index (χ4n) is 3.82. The van der Waals surface area contributed by atoms with E-state index in [1.165, 1.54) is 12.1 Å². The topological polar surface area (TPSA) is 76.2 Å². The lowest BCUT2D eigenvalue weighted by molar-refractivity contribution is -0.205. The highest BCUT2D eigenvalue weighted by molar-refractivity contribution is 5.77. The van der Waals surface area contributed by atoms with Crippen LogP contribution in [0.25, 0.3) is 22.6 Å². The maximum Gasteiger partial charge on any atom is 0.225 e. The van der Waals surface area contributed by atoms with Gasteiger partial charge in [-0.3, -0.25) is 0 Å². The summed E-state index contributed by atoms with van der Waals surface area (Å²) in [4.78, 5) is 19.5. The molecule has 7 nitrogen and oxygen atoms in total. The molecular weight excluding hydrogens is 385 g/mol. The first-order chi connectivity index (χ1) is 14.7. The van der Waals surface area contributed by atoms with Gasteiger partial charge in [-0.15, -0.1) is 0 Å². The van der Waals surface area contributed by atoms with Crippen LogP contribution in [0.3, 0.4) is 0 Å². The zero-order chi connectivity index (χ0) is 20.5. The molecule has 0 saturated carbocycles. The largest absolute Gasteiger partial charge is 0.346 e. The first kappa shape index (κ1) is 19.1. The average molecular weight is 409 g/mol. The smallest absolute Gasteiger partial charge is 0.225 e. The van der Waals surface area contributed by atoms with E-state index in [1.807, 2.05) is 6.07 Å². The van der Waals surface area contributed by atoms with Gasteiger partial charge in [0.2, 0.25) is 12.2 Å². The molecule has 2 aliphatic heterocycles. The van der Waals surface area contributed by atoms with Gasteiger partial charge in [0.1, 0.15) is 5.82 Å². The van der Waals surface area contributed by atoms with Crippen molar-refractivity contribution in [3.8, 4) is 22.6 Å². The van der Waals surface area contributed by atoms with E-state index in [4.69, 9.17) is 19.4 Å². The van der Waals surface area contributed by atoms with E-state index in [2.05, 4.69) is 21.8 Å². The number of halogens is 1. The van der Waals surface area contributed by atoms with Gasteiger partial charge in [0, 0.05) is 30.8 Å². The molecule has 2 fully saturated rings. The summed E-state index contributed by atoms with van der Waals surface area (Å²) in [6.45, 7) is 5.22. The molecule has 0 bridgehead atoms. The number of nitrogens with zero attached hydrogens (tertiary/aromatic N) is 4. The number of aromatic amines is 1. The Morgan fingerprint density at radius 2 is 1.77 bits per heavy atom. The Hall–Kier alpha value is -2.84. The van der Waals surface area contributed by atoms with Crippen molar-refractivity contribution in [2.24, 2.45) is 5.92 Å². The van der Waals surface area contributed by atoms with Crippen LogP contribution >= 0.6 is 0 Å². The normalized spacial score (nSPS) is 21.9. The van der Waals surface area contributed by atoms with E-state index in [0.29, 0.717) is 36.6 Å². The Morgan fingerprint density at radius 1 is 1.03 bits per heavy atom. The lowest BCUT2D eigenvalue weighted by Gasteiger charge is -2.25. The first-order valence-electron chi connectivity index (χ1n) is 10.3. The highest BCUT2D eigenvalue weighted by Gasteiger charge is 2.27. The summed E-state index contributed by atoms with van der Waals surface area (Å²) in [5.74, 6) is 1.35. The Balaban J connectivity index is 1.55. The number of hydrogen-bond acceptors (Lipinski definition) is 6. The van der Waals surface area contributed by atoms with Gasteiger partial charge >= 0.3 is 0 Å². The van der Waals surface area contributed by atoms with Crippen LogP contribution < -0.4 is 4.90 Å². The van der Waals surface area contributed by atoms with Gasteiger partial charge in [-0.1, -0.05) is 6.92 Å². The predicted molar refractivity (Wildman–Crippen MR) is 110 cm³/mol. The van der Waals surface area contributed by atoms with Crippen molar-refractivity contribution in [3.05, 3.63) is 48.2 Å². The molecule has 1 N–H and O–H groups in total. The maximum atomic E-state index is 13.5. The van der Waals surface area contributed by atoms with E-state index in [0.717, 1.165) is 42.9 Å².